The van der Waals surface area contributed by atoms with Crippen molar-refractivity contribution in [3.63, 3.8) is 0 Å². The number of rotatable bonds is 6. The van der Waals surface area contributed by atoms with Crippen molar-refractivity contribution in [1.29, 1.82) is 0 Å². The van der Waals surface area contributed by atoms with Gasteiger partial charge in [-0.2, -0.15) is 4.98 Å². The van der Waals surface area contributed by atoms with Crippen LogP contribution in [0.5, 0.6) is 0 Å². The largest absolute Gasteiger partial charge is 0.393 e. The molecule has 0 radical (unpaired) electrons. The summed E-state index contributed by atoms with van der Waals surface area (Å²) in [6.45, 7) is 10.6. The van der Waals surface area contributed by atoms with E-state index in [0.29, 0.717) is 37.0 Å². The lowest BCUT2D eigenvalue weighted by molar-refractivity contribution is 0.145. The summed E-state index contributed by atoms with van der Waals surface area (Å²) < 4.78 is 1.72. The molecule has 2 aliphatic heterocycles. The molecule has 11 nitrogen and oxygen atoms in total. The summed E-state index contributed by atoms with van der Waals surface area (Å²) in [5.74, 6) is 1.07. The molecule has 4 aromatic rings. The Morgan fingerprint density at radius 3 is 2.50 bits per heavy atom. The fraction of sp³-hybridized carbons (Fsp3) is 0.345. The Bertz CT molecular complexity index is 1510. The molecule has 0 aliphatic carbocycles. The number of aromatic nitrogens is 5. The highest BCUT2D eigenvalue weighted by molar-refractivity contribution is 5.78. The molecule has 3 N–H and O–H groups in total. The summed E-state index contributed by atoms with van der Waals surface area (Å²) in [7, 11) is 0. The van der Waals surface area contributed by atoms with Crippen LogP contribution in [0.2, 0.25) is 0 Å². The average molecular weight is 538 g/mol. The van der Waals surface area contributed by atoms with Crippen molar-refractivity contribution in [3.8, 4) is 16.9 Å². The average Bonchev–Trinajstić information content (AvgIpc) is 3.48. The molecule has 2 fully saturated rings. The number of anilines is 4. The van der Waals surface area contributed by atoms with Gasteiger partial charge in [-0.25, -0.2) is 19.5 Å². The van der Waals surface area contributed by atoms with Crippen molar-refractivity contribution in [3.05, 3.63) is 72.5 Å². The number of hydrogen-bond donors (Lipinski definition) is 3. The van der Waals surface area contributed by atoms with Gasteiger partial charge in [0.25, 0.3) is 0 Å². The van der Waals surface area contributed by atoms with Crippen molar-refractivity contribution in [2.75, 3.05) is 41.3 Å². The third kappa shape index (κ3) is 5.59. The molecule has 0 saturated carbocycles. The zero-order valence-electron chi connectivity index (χ0n) is 22.1. The van der Waals surface area contributed by atoms with Gasteiger partial charge in [-0.3, -0.25) is 0 Å². The predicted octanol–water partition coefficient (Wildman–Crippen LogP) is 3.94. The molecule has 2 saturated heterocycles. The van der Waals surface area contributed by atoms with Gasteiger partial charge >= 0.3 is 0 Å². The van der Waals surface area contributed by atoms with E-state index in [1.54, 1.807) is 17.2 Å². The second kappa shape index (κ2) is 11.3. The fourth-order valence-corrected chi connectivity index (χ4v) is 5.21. The molecular weight excluding hydrogens is 506 g/mol. The molecule has 0 bridgehead atoms. The summed E-state index contributed by atoms with van der Waals surface area (Å²) in [5.41, 5.74) is 4.72. The van der Waals surface area contributed by atoms with Crippen LogP contribution in [0.3, 0.4) is 0 Å². The van der Waals surface area contributed by atoms with E-state index in [2.05, 4.69) is 35.1 Å². The van der Waals surface area contributed by atoms with Crippen LogP contribution in [0.4, 0.5) is 29.0 Å². The molecule has 2 aliphatic rings. The van der Waals surface area contributed by atoms with Crippen LogP contribution in [-0.2, 0) is 0 Å². The Hall–Kier alpha value is -4.53. The van der Waals surface area contributed by atoms with Crippen LogP contribution in [0.25, 0.3) is 21.8 Å². The summed E-state index contributed by atoms with van der Waals surface area (Å²) in [4.78, 5) is 21.4. The van der Waals surface area contributed by atoms with Gasteiger partial charge in [0.2, 0.25) is 17.6 Å². The minimum atomic E-state index is -0.337. The number of nitrogens with zero attached hydrogens (tertiary/aromatic N) is 8. The maximum atomic E-state index is 9.95. The molecule has 6 rings (SSSR count). The fourth-order valence-electron chi connectivity index (χ4n) is 5.21. The van der Waals surface area contributed by atoms with Crippen LogP contribution in [0, 0.1) is 6.57 Å². The molecule has 4 heterocycles. The molecule has 2 aromatic heterocycles. The van der Waals surface area contributed by atoms with Crippen molar-refractivity contribution in [1.82, 2.24) is 24.7 Å². The number of β-amino-alcohol motifs (C(OH)–C–C–N with tert-alkyl or cyclic N) is 1. The van der Waals surface area contributed by atoms with E-state index in [0.717, 1.165) is 60.8 Å². The molecule has 11 heteroatoms. The number of hydrogen-bond acceptors (Lipinski definition) is 9. The third-order valence-corrected chi connectivity index (χ3v) is 7.40. The molecule has 2 aromatic carbocycles. The first-order chi connectivity index (χ1) is 19.6. The van der Waals surface area contributed by atoms with Crippen LogP contribution in [0.1, 0.15) is 25.7 Å². The van der Waals surface area contributed by atoms with Crippen LogP contribution >= 0.6 is 0 Å². The second-order valence-corrected chi connectivity index (χ2v) is 10.2. The van der Waals surface area contributed by atoms with Gasteiger partial charge < -0.3 is 25.3 Å². The number of piperidine rings is 2. The van der Waals surface area contributed by atoms with Crippen molar-refractivity contribution in [2.45, 2.75) is 37.9 Å². The van der Waals surface area contributed by atoms with E-state index >= 15 is 0 Å². The van der Waals surface area contributed by atoms with Crippen LogP contribution < -0.4 is 15.1 Å². The molecule has 0 spiro atoms. The molecule has 40 heavy (non-hydrogen) atoms. The van der Waals surface area contributed by atoms with E-state index in [-0.39, 0.29) is 12.2 Å². The van der Waals surface area contributed by atoms with Gasteiger partial charge in [-0.05, 0) is 73.7 Å². The van der Waals surface area contributed by atoms with Gasteiger partial charge in [0.05, 0.1) is 30.2 Å². The molecule has 1 unspecified atom stereocenters. The summed E-state index contributed by atoms with van der Waals surface area (Å²) in [6, 6.07) is 15.4. The summed E-state index contributed by atoms with van der Waals surface area (Å²) in [6.07, 6.45) is 5.96. The lowest BCUT2D eigenvalue weighted by Gasteiger charge is -2.32. The highest BCUT2D eigenvalue weighted by Gasteiger charge is 2.21. The first-order valence-electron chi connectivity index (χ1n) is 13.6. The number of aliphatic hydroxyl groups excluding tert-OH is 2. The number of aliphatic hydroxyl groups is 2. The smallest absolute Gasteiger partial charge is 0.245 e. The van der Waals surface area contributed by atoms with E-state index < -0.39 is 0 Å². The van der Waals surface area contributed by atoms with Crippen molar-refractivity contribution in [2.24, 2.45) is 0 Å². The maximum Gasteiger partial charge on any atom is 0.245 e. The minimum Gasteiger partial charge on any atom is -0.393 e. The molecular formula is C29H31N9O2. The molecule has 204 valence electrons. The van der Waals surface area contributed by atoms with E-state index in [4.69, 9.17) is 6.57 Å². The normalized spacial score (nSPS) is 18.0. The number of benzene rings is 2. The van der Waals surface area contributed by atoms with Crippen LogP contribution in [-0.4, -0.2) is 73.3 Å². The Morgan fingerprint density at radius 1 is 0.900 bits per heavy atom. The zero-order valence-corrected chi connectivity index (χ0v) is 22.1. The first-order valence-corrected chi connectivity index (χ1v) is 13.6. The summed E-state index contributed by atoms with van der Waals surface area (Å²) in [5, 5.41) is 27.6. The zero-order chi connectivity index (χ0) is 27.5. The third-order valence-electron chi connectivity index (χ3n) is 7.40. The lowest BCUT2D eigenvalue weighted by atomic mass is 10.0. The lowest BCUT2D eigenvalue weighted by Crippen LogP contribution is -2.38. The second-order valence-electron chi connectivity index (χ2n) is 10.2. The predicted molar refractivity (Wildman–Crippen MR) is 153 cm³/mol. The first kappa shape index (κ1) is 25.7. The topological polar surface area (TPSA) is 120 Å². The van der Waals surface area contributed by atoms with Crippen LogP contribution in [0.15, 0.2) is 61.1 Å². The standard InChI is InChI=1S/C29H31N9O2/c1-30-26-17-20(4-9-27(26)36-15-11-23(39)12-16-36)25-10-13-31-28(34-25)33-21-5-7-22(8-6-21)38-19-32-29(35-38)37-14-2-3-24(40)18-37/h4-10,13,17,19,23-24,39-40H,2-3,11-12,14-16,18H2,(H,31,33,34). The molecule has 0 amide bonds. The SMILES string of the molecule is [C-]#[N+]c1cc(-c2ccnc(Nc3ccc(-n4cnc(N5CCCC(O)C5)n4)cc3)n2)ccc1N1CCC(O)CC1. The summed E-state index contributed by atoms with van der Waals surface area (Å²) >= 11 is 0. The monoisotopic (exact) mass is 537 g/mol. The van der Waals surface area contributed by atoms with Crippen molar-refractivity contribution < 1.29 is 10.2 Å². The van der Waals surface area contributed by atoms with Gasteiger partial charge in [-0.15, -0.1) is 5.10 Å². The van der Waals surface area contributed by atoms with Gasteiger partial charge in [0.1, 0.15) is 6.33 Å². The highest BCUT2D eigenvalue weighted by Crippen LogP contribution is 2.35. The van der Waals surface area contributed by atoms with E-state index in [9.17, 15) is 10.2 Å². The maximum absolute atomic E-state index is 9.95. The molecule has 1 atom stereocenters. The Balaban J connectivity index is 1.14. The Morgan fingerprint density at radius 2 is 1.73 bits per heavy atom. The van der Waals surface area contributed by atoms with Gasteiger partial charge in [-0.1, -0.05) is 6.07 Å². The van der Waals surface area contributed by atoms with E-state index in [1.807, 2.05) is 53.4 Å². The van der Waals surface area contributed by atoms with Gasteiger partial charge in [0, 0.05) is 43.8 Å². The minimum absolute atomic E-state index is 0.259. The van der Waals surface area contributed by atoms with E-state index in [1.165, 1.54) is 0 Å². The highest BCUT2D eigenvalue weighted by atomic mass is 16.3. The Labute approximate surface area is 232 Å². The van der Waals surface area contributed by atoms with Gasteiger partial charge in [0.15, 0.2) is 0 Å². The number of nitrogens with one attached hydrogen (secondary N) is 1. The quantitative estimate of drug-likeness (QED) is 0.314. The Kier molecular flexibility index (Phi) is 7.27. The van der Waals surface area contributed by atoms with Crippen molar-refractivity contribution >= 4 is 29.0 Å².